The monoisotopic (exact) mass is 349 g/mol. The lowest BCUT2D eigenvalue weighted by molar-refractivity contribution is 0.171. The smallest absolute Gasteiger partial charge is 0.263 e. The van der Waals surface area contributed by atoms with Crippen LogP contribution in [0.1, 0.15) is 13.8 Å². The Labute approximate surface area is 141 Å². The Balaban J connectivity index is 1.78. The second kappa shape index (κ2) is 6.56. The van der Waals surface area contributed by atoms with Crippen LogP contribution < -0.4 is 19.5 Å². The molecule has 7 nitrogen and oxygen atoms in total. The molecule has 0 saturated carbocycles. The SMILES string of the molecule is CC(C)Nc1ccc(NS(=O)(=O)c2ccc3c(c2)OCCO3)nc1. The maximum atomic E-state index is 12.5. The molecule has 8 heteroatoms. The first-order valence-corrected chi connectivity index (χ1v) is 9.07. The second-order valence-electron chi connectivity index (χ2n) is 5.64. The van der Waals surface area contributed by atoms with E-state index in [1.165, 1.54) is 12.1 Å². The van der Waals surface area contributed by atoms with E-state index in [1.807, 2.05) is 13.8 Å². The van der Waals surface area contributed by atoms with Crippen LogP contribution >= 0.6 is 0 Å². The standard InChI is InChI=1S/C16H19N3O4S/c1-11(2)18-12-3-6-16(17-10-12)19-24(20,21)13-4-5-14-15(9-13)23-8-7-22-14/h3-6,9-11,18H,7-8H2,1-2H3,(H,17,19). The van der Waals surface area contributed by atoms with Crippen LogP contribution in [0.25, 0.3) is 0 Å². The molecule has 1 aliphatic rings. The van der Waals surface area contributed by atoms with E-state index in [2.05, 4.69) is 15.0 Å². The zero-order valence-electron chi connectivity index (χ0n) is 13.4. The summed E-state index contributed by atoms with van der Waals surface area (Å²) in [6.07, 6.45) is 1.58. The highest BCUT2D eigenvalue weighted by Crippen LogP contribution is 2.32. The van der Waals surface area contributed by atoms with Gasteiger partial charge in [-0.1, -0.05) is 0 Å². The van der Waals surface area contributed by atoms with Crippen LogP contribution in [0.15, 0.2) is 41.4 Å². The first-order chi connectivity index (χ1) is 11.4. The lowest BCUT2D eigenvalue weighted by atomic mass is 10.3. The van der Waals surface area contributed by atoms with E-state index in [-0.39, 0.29) is 16.8 Å². The van der Waals surface area contributed by atoms with E-state index >= 15 is 0 Å². The zero-order chi connectivity index (χ0) is 17.2. The molecule has 0 atom stereocenters. The van der Waals surface area contributed by atoms with E-state index in [0.29, 0.717) is 24.7 Å². The topological polar surface area (TPSA) is 89.5 Å². The molecule has 0 aliphatic carbocycles. The molecule has 3 rings (SSSR count). The minimum atomic E-state index is -3.75. The number of sulfonamides is 1. The molecule has 128 valence electrons. The van der Waals surface area contributed by atoms with Crippen LogP contribution in [-0.4, -0.2) is 32.7 Å². The molecule has 0 radical (unpaired) electrons. The molecule has 0 bridgehead atoms. The van der Waals surface area contributed by atoms with Crippen LogP contribution in [-0.2, 0) is 10.0 Å². The van der Waals surface area contributed by atoms with Crippen molar-refractivity contribution in [2.24, 2.45) is 0 Å². The van der Waals surface area contributed by atoms with Crippen molar-refractivity contribution in [1.29, 1.82) is 0 Å². The van der Waals surface area contributed by atoms with E-state index in [0.717, 1.165) is 5.69 Å². The van der Waals surface area contributed by atoms with Crippen molar-refractivity contribution >= 4 is 21.5 Å². The number of fused-ring (bicyclic) bond motifs is 1. The average Bonchev–Trinajstić information content (AvgIpc) is 2.55. The lowest BCUT2D eigenvalue weighted by Crippen LogP contribution is -2.17. The Morgan fingerprint density at radius 1 is 1.08 bits per heavy atom. The third kappa shape index (κ3) is 3.70. The van der Waals surface area contributed by atoms with Gasteiger partial charge in [0.25, 0.3) is 10.0 Å². The third-order valence-corrected chi connectivity index (χ3v) is 4.63. The number of ether oxygens (including phenoxy) is 2. The summed E-state index contributed by atoms with van der Waals surface area (Å²) in [5.41, 5.74) is 0.826. The molecule has 1 aliphatic heterocycles. The van der Waals surface area contributed by atoms with Crippen molar-refractivity contribution in [3.63, 3.8) is 0 Å². The molecule has 0 spiro atoms. The van der Waals surface area contributed by atoms with E-state index in [1.54, 1.807) is 24.4 Å². The molecule has 2 aromatic rings. The van der Waals surface area contributed by atoms with E-state index in [9.17, 15) is 8.42 Å². The fraction of sp³-hybridized carbons (Fsp3) is 0.312. The predicted octanol–water partition coefficient (Wildman–Crippen LogP) is 2.47. The summed E-state index contributed by atoms with van der Waals surface area (Å²) in [6, 6.07) is 8.17. The van der Waals surface area contributed by atoms with Gasteiger partial charge in [-0.25, -0.2) is 13.4 Å². The van der Waals surface area contributed by atoms with Crippen molar-refractivity contribution in [1.82, 2.24) is 4.98 Å². The van der Waals surface area contributed by atoms with Gasteiger partial charge in [0, 0.05) is 12.1 Å². The number of rotatable bonds is 5. The normalized spacial score (nSPS) is 13.6. The Morgan fingerprint density at radius 3 is 2.50 bits per heavy atom. The summed E-state index contributed by atoms with van der Waals surface area (Å²) in [5.74, 6) is 1.22. The highest BCUT2D eigenvalue weighted by atomic mass is 32.2. The maximum absolute atomic E-state index is 12.5. The van der Waals surface area contributed by atoms with Crippen molar-refractivity contribution in [3.8, 4) is 11.5 Å². The number of hydrogen-bond acceptors (Lipinski definition) is 6. The number of anilines is 2. The largest absolute Gasteiger partial charge is 0.486 e. The average molecular weight is 349 g/mol. The van der Waals surface area contributed by atoms with Crippen LogP contribution in [0.5, 0.6) is 11.5 Å². The van der Waals surface area contributed by atoms with Gasteiger partial charge in [-0.05, 0) is 38.1 Å². The van der Waals surface area contributed by atoms with Crippen molar-refractivity contribution in [3.05, 3.63) is 36.5 Å². The van der Waals surface area contributed by atoms with Gasteiger partial charge >= 0.3 is 0 Å². The number of aromatic nitrogens is 1. The van der Waals surface area contributed by atoms with Gasteiger partial charge in [-0.2, -0.15) is 0 Å². The minimum absolute atomic E-state index is 0.0953. The van der Waals surface area contributed by atoms with E-state index < -0.39 is 10.0 Å². The fourth-order valence-corrected chi connectivity index (χ4v) is 3.28. The van der Waals surface area contributed by atoms with Gasteiger partial charge in [0.05, 0.1) is 16.8 Å². The number of pyridine rings is 1. The minimum Gasteiger partial charge on any atom is -0.486 e. The summed E-state index contributed by atoms with van der Waals surface area (Å²) in [5, 5.41) is 3.19. The molecule has 1 aromatic heterocycles. The lowest BCUT2D eigenvalue weighted by Gasteiger charge is -2.19. The molecule has 0 fully saturated rings. The molecule has 1 aromatic carbocycles. The second-order valence-corrected chi connectivity index (χ2v) is 7.32. The van der Waals surface area contributed by atoms with Crippen molar-refractivity contribution in [2.75, 3.05) is 23.3 Å². The molecular formula is C16H19N3O4S. The Morgan fingerprint density at radius 2 is 1.83 bits per heavy atom. The molecule has 2 heterocycles. The van der Waals surface area contributed by atoms with Gasteiger partial charge in [0.2, 0.25) is 0 Å². The summed E-state index contributed by atoms with van der Waals surface area (Å²) in [7, 11) is -3.75. The zero-order valence-corrected chi connectivity index (χ0v) is 14.3. The van der Waals surface area contributed by atoms with Crippen LogP contribution in [0.4, 0.5) is 11.5 Å². The predicted molar refractivity (Wildman–Crippen MR) is 91.2 cm³/mol. The first-order valence-electron chi connectivity index (χ1n) is 7.59. The number of hydrogen-bond donors (Lipinski definition) is 2. The van der Waals surface area contributed by atoms with Crippen LogP contribution in [0.3, 0.4) is 0 Å². The van der Waals surface area contributed by atoms with Crippen molar-refractivity contribution in [2.45, 2.75) is 24.8 Å². The van der Waals surface area contributed by atoms with Crippen LogP contribution in [0.2, 0.25) is 0 Å². The summed E-state index contributed by atoms with van der Waals surface area (Å²) in [6.45, 7) is 4.88. The molecule has 0 amide bonds. The number of nitrogens with zero attached hydrogens (tertiary/aromatic N) is 1. The number of benzene rings is 1. The Kier molecular flexibility index (Phi) is 4.48. The van der Waals surface area contributed by atoms with Crippen LogP contribution in [0, 0.1) is 0 Å². The molecule has 2 N–H and O–H groups in total. The van der Waals surface area contributed by atoms with Gasteiger partial charge in [0.15, 0.2) is 11.5 Å². The summed E-state index contributed by atoms with van der Waals surface area (Å²) >= 11 is 0. The molecule has 0 saturated heterocycles. The molecule has 0 unspecified atom stereocenters. The summed E-state index contributed by atoms with van der Waals surface area (Å²) in [4.78, 5) is 4.22. The Hall–Kier alpha value is -2.48. The fourth-order valence-electron chi connectivity index (χ4n) is 2.26. The van der Waals surface area contributed by atoms with E-state index in [4.69, 9.17) is 9.47 Å². The molecular weight excluding hydrogens is 330 g/mol. The highest BCUT2D eigenvalue weighted by Gasteiger charge is 2.19. The Bertz CT molecular complexity index is 820. The summed E-state index contributed by atoms with van der Waals surface area (Å²) < 4.78 is 38.2. The van der Waals surface area contributed by atoms with Gasteiger partial charge in [-0.15, -0.1) is 0 Å². The van der Waals surface area contributed by atoms with Gasteiger partial charge < -0.3 is 14.8 Å². The van der Waals surface area contributed by atoms with Gasteiger partial charge in [-0.3, -0.25) is 4.72 Å². The van der Waals surface area contributed by atoms with Gasteiger partial charge in [0.1, 0.15) is 19.0 Å². The number of nitrogens with one attached hydrogen (secondary N) is 2. The highest BCUT2D eigenvalue weighted by molar-refractivity contribution is 7.92. The quantitative estimate of drug-likeness (QED) is 0.862. The third-order valence-electron chi connectivity index (χ3n) is 3.28. The molecule has 24 heavy (non-hydrogen) atoms. The first kappa shape index (κ1) is 16.4. The van der Waals surface area contributed by atoms with Crippen molar-refractivity contribution < 1.29 is 17.9 Å². The maximum Gasteiger partial charge on any atom is 0.263 e.